The smallest absolute Gasteiger partial charge is 0.209 e. The van der Waals surface area contributed by atoms with Crippen LogP contribution in [0.25, 0.3) is 21.9 Å². The van der Waals surface area contributed by atoms with Crippen molar-refractivity contribution in [1.29, 1.82) is 0 Å². The minimum Gasteiger partial charge on any atom is -0.507 e. The highest BCUT2D eigenvalue weighted by atomic mass is 16.8. The number of benzene rings is 2. The van der Waals surface area contributed by atoms with Gasteiger partial charge in [-0.05, 0) is 12.1 Å². The normalized spacial score (nSPS) is 23.8. The minimum absolute atomic E-state index is 0.110. The Morgan fingerprint density at radius 1 is 1.23 bits per heavy atom. The van der Waals surface area contributed by atoms with Crippen LogP contribution in [0.4, 0.5) is 0 Å². The van der Waals surface area contributed by atoms with Crippen LogP contribution in [-0.2, 0) is 9.47 Å². The van der Waals surface area contributed by atoms with Crippen LogP contribution in [0.15, 0.2) is 33.5 Å². The van der Waals surface area contributed by atoms with E-state index in [2.05, 4.69) is 0 Å². The van der Waals surface area contributed by atoms with E-state index < -0.39 is 6.29 Å². The number of ether oxygens (including phenoxy) is 4. The average molecular weight is 356 g/mol. The molecular weight excluding hydrogens is 340 g/mol. The van der Waals surface area contributed by atoms with Crippen LogP contribution in [0, 0.1) is 0 Å². The lowest BCUT2D eigenvalue weighted by Gasteiger charge is -2.13. The third-order valence-corrected chi connectivity index (χ3v) is 5.07. The van der Waals surface area contributed by atoms with Crippen molar-refractivity contribution in [2.24, 2.45) is 0 Å². The molecule has 3 aromatic rings. The molecule has 1 saturated heterocycles. The number of aromatic hydroxyl groups is 1. The standard InChI is InChI=1S/C19H16O7/c1-22-11-7-12-14(8-6-13(23-2)26-19(8)25-12)18-16(11)17(21)15-9(20)4-3-5-10(15)24-18/h3-5,7-8,13,19-20H,6H2,1-2H3/t8-,13-,19-/m0/s1. The fourth-order valence-electron chi connectivity index (χ4n) is 3.89. The molecule has 3 heterocycles. The molecule has 2 aromatic carbocycles. The quantitative estimate of drug-likeness (QED) is 0.707. The predicted octanol–water partition coefficient (Wildman–Crippen LogP) is 2.86. The first-order valence-corrected chi connectivity index (χ1v) is 8.26. The summed E-state index contributed by atoms with van der Waals surface area (Å²) < 4.78 is 28.4. The van der Waals surface area contributed by atoms with E-state index in [9.17, 15) is 9.90 Å². The van der Waals surface area contributed by atoms with Crippen molar-refractivity contribution >= 4 is 21.9 Å². The van der Waals surface area contributed by atoms with E-state index in [4.69, 9.17) is 23.4 Å². The molecular formula is C19H16O7. The Bertz CT molecular complexity index is 1100. The Labute approximate surface area is 147 Å². The Morgan fingerprint density at radius 2 is 2.08 bits per heavy atom. The lowest BCUT2D eigenvalue weighted by molar-refractivity contribution is -0.162. The highest BCUT2D eigenvalue weighted by molar-refractivity contribution is 5.98. The Balaban J connectivity index is 1.88. The van der Waals surface area contributed by atoms with E-state index in [1.807, 2.05) is 0 Å². The number of phenols is 1. The van der Waals surface area contributed by atoms with Crippen molar-refractivity contribution in [3.05, 3.63) is 40.1 Å². The number of rotatable bonds is 2. The third-order valence-electron chi connectivity index (χ3n) is 5.07. The minimum atomic E-state index is -0.490. The zero-order valence-electron chi connectivity index (χ0n) is 14.1. The first kappa shape index (κ1) is 15.5. The summed E-state index contributed by atoms with van der Waals surface area (Å²) in [5.41, 5.74) is 1.14. The van der Waals surface area contributed by atoms with Crippen LogP contribution in [-0.4, -0.2) is 31.9 Å². The maximum absolute atomic E-state index is 13.1. The number of phenolic OH excluding ortho intramolecular Hbond substituents is 1. The SMILES string of the molecule is COc1cc2c(c3oc4cccc(O)c4c(=O)c13)[C@@H]1C[C@@H](OC)O[C@@H]1O2. The summed E-state index contributed by atoms with van der Waals surface area (Å²) >= 11 is 0. The lowest BCUT2D eigenvalue weighted by Crippen LogP contribution is -2.17. The van der Waals surface area contributed by atoms with Crippen molar-refractivity contribution in [3.8, 4) is 17.2 Å². The molecule has 1 N–H and O–H groups in total. The molecule has 5 rings (SSSR count). The maximum atomic E-state index is 13.1. The molecule has 0 bridgehead atoms. The fraction of sp³-hybridized carbons (Fsp3) is 0.316. The van der Waals surface area contributed by atoms with Gasteiger partial charge in [-0.15, -0.1) is 0 Å². The van der Waals surface area contributed by atoms with Crippen molar-refractivity contribution in [2.75, 3.05) is 14.2 Å². The third kappa shape index (κ3) is 1.92. The van der Waals surface area contributed by atoms with Crippen LogP contribution in [0.5, 0.6) is 17.2 Å². The summed E-state index contributed by atoms with van der Waals surface area (Å²) in [7, 11) is 3.05. The van der Waals surface area contributed by atoms with Gasteiger partial charge in [-0.1, -0.05) is 6.07 Å². The second kappa shape index (κ2) is 5.36. The molecule has 3 atom stereocenters. The summed E-state index contributed by atoms with van der Waals surface area (Å²) in [6, 6.07) is 6.41. The molecule has 7 heteroatoms. The molecule has 0 spiro atoms. The lowest BCUT2D eigenvalue weighted by atomic mass is 9.95. The van der Waals surface area contributed by atoms with Crippen LogP contribution in [0.3, 0.4) is 0 Å². The molecule has 2 aliphatic heterocycles. The van der Waals surface area contributed by atoms with Gasteiger partial charge in [-0.3, -0.25) is 4.79 Å². The van der Waals surface area contributed by atoms with E-state index in [1.165, 1.54) is 13.2 Å². The Kier molecular flexibility index (Phi) is 3.19. The number of hydrogen-bond acceptors (Lipinski definition) is 7. The van der Waals surface area contributed by atoms with Crippen molar-refractivity contribution in [2.45, 2.75) is 24.9 Å². The second-order valence-electron chi connectivity index (χ2n) is 6.41. The molecule has 0 saturated carbocycles. The van der Waals surface area contributed by atoms with Crippen LogP contribution < -0.4 is 14.9 Å². The molecule has 0 amide bonds. The molecule has 0 unspecified atom stereocenters. The summed E-state index contributed by atoms with van der Waals surface area (Å²) in [5, 5.41) is 10.5. The molecule has 1 aromatic heterocycles. The maximum Gasteiger partial charge on any atom is 0.209 e. The van der Waals surface area contributed by atoms with E-state index in [0.717, 1.165) is 5.56 Å². The number of hydrogen-bond donors (Lipinski definition) is 1. The first-order valence-electron chi connectivity index (χ1n) is 8.26. The molecule has 7 nitrogen and oxygen atoms in total. The molecule has 0 radical (unpaired) electrons. The molecule has 134 valence electrons. The monoisotopic (exact) mass is 356 g/mol. The largest absolute Gasteiger partial charge is 0.507 e. The van der Waals surface area contributed by atoms with Gasteiger partial charge in [-0.2, -0.15) is 0 Å². The highest BCUT2D eigenvalue weighted by Gasteiger charge is 2.46. The van der Waals surface area contributed by atoms with Crippen LogP contribution in [0.1, 0.15) is 17.9 Å². The summed E-state index contributed by atoms with van der Waals surface area (Å²) in [5.74, 6) is 0.669. The van der Waals surface area contributed by atoms with E-state index in [-0.39, 0.29) is 34.2 Å². The van der Waals surface area contributed by atoms with Crippen LogP contribution in [0.2, 0.25) is 0 Å². The summed E-state index contributed by atoms with van der Waals surface area (Å²) in [4.78, 5) is 13.1. The number of methoxy groups -OCH3 is 2. The summed E-state index contributed by atoms with van der Waals surface area (Å²) in [6.45, 7) is 0. The van der Waals surface area contributed by atoms with E-state index in [1.54, 1.807) is 25.3 Å². The highest BCUT2D eigenvalue weighted by Crippen LogP contribution is 2.51. The molecule has 2 aliphatic rings. The van der Waals surface area contributed by atoms with Crippen molar-refractivity contribution < 1.29 is 28.5 Å². The van der Waals surface area contributed by atoms with Crippen LogP contribution >= 0.6 is 0 Å². The van der Waals surface area contributed by atoms with Gasteiger partial charge in [0.2, 0.25) is 11.7 Å². The first-order chi connectivity index (χ1) is 12.6. The molecule has 1 fully saturated rings. The second-order valence-corrected chi connectivity index (χ2v) is 6.41. The number of fused-ring (bicyclic) bond motifs is 6. The van der Waals surface area contributed by atoms with Crippen molar-refractivity contribution in [1.82, 2.24) is 0 Å². The Morgan fingerprint density at radius 3 is 2.85 bits per heavy atom. The van der Waals surface area contributed by atoms with Gasteiger partial charge >= 0.3 is 0 Å². The molecule has 26 heavy (non-hydrogen) atoms. The molecule has 0 aliphatic carbocycles. The van der Waals surface area contributed by atoms with Crippen molar-refractivity contribution in [3.63, 3.8) is 0 Å². The van der Waals surface area contributed by atoms with Gasteiger partial charge in [0.15, 0.2) is 6.29 Å². The van der Waals surface area contributed by atoms with Gasteiger partial charge < -0.3 is 28.5 Å². The topological polar surface area (TPSA) is 87.4 Å². The van der Waals surface area contributed by atoms with Gasteiger partial charge in [0, 0.05) is 25.2 Å². The van der Waals surface area contributed by atoms with E-state index >= 15 is 0 Å². The summed E-state index contributed by atoms with van der Waals surface area (Å²) in [6.07, 6.45) is -0.265. The predicted molar refractivity (Wildman–Crippen MR) is 91.9 cm³/mol. The Hall–Kier alpha value is -2.77. The zero-order chi connectivity index (χ0) is 18.0. The van der Waals surface area contributed by atoms with E-state index in [0.29, 0.717) is 29.1 Å². The van der Waals surface area contributed by atoms with Gasteiger partial charge in [0.25, 0.3) is 0 Å². The van der Waals surface area contributed by atoms with Gasteiger partial charge in [-0.25, -0.2) is 0 Å². The average Bonchev–Trinajstić information content (AvgIpc) is 3.17. The van der Waals surface area contributed by atoms with Gasteiger partial charge in [0.05, 0.1) is 13.0 Å². The fourth-order valence-corrected chi connectivity index (χ4v) is 3.89. The van der Waals surface area contributed by atoms with Gasteiger partial charge in [0.1, 0.15) is 39.2 Å². The zero-order valence-corrected chi connectivity index (χ0v) is 14.1.